The molecule has 1 fully saturated rings. The van der Waals surface area contributed by atoms with Crippen molar-refractivity contribution in [2.45, 2.75) is 32.4 Å². The molecule has 1 aliphatic rings. The van der Waals surface area contributed by atoms with Gasteiger partial charge in [0.15, 0.2) is 0 Å². The second-order valence-electron chi connectivity index (χ2n) is 5.72. The minimum Gasteiger partial charge on any atom is -0.353 e. The van der Waals surface area contributed by atoms with Gasteiger partial charge in [-0.1, -0.05) is 37.3 Å². The number of likely N-dealkylation sites (N-methyl/N-ethyl adjacent to an activating group) is 1. The summed E-state index contributed by atoms with van der Waals surface area (Å²) in [6, 6.07) is 10.3. The van der Waals surface area contributed by atoms with Crippen molar-refractivity contribution in [2.24, 2.45) is 0 Å². The van der Waals surface area contributed by atoms with Gasteiger partial charge in [0.2, 0.25) is 11.7 Å². The molecule has 0 saturated heterocycles. The van der Waals surface area contributed by atoms with Crippen LogP contribution in [0.25, 0.3) is 11.4 Å². The number of benzene rings is 1. The topological polar surface area (TPSA) is 75.9 Å². The van der Waals surface area contributed by atoms with Crippen molar-refractivity contribution in [3.05, 3.63) is 30.3 Å². The summed E-state index contributed by atoms with van der Waals surface area (Å²) in [6.07, 6.45) is 2.57. The van der Waals surface area contributed by atoms with Crippen molar-refractivity contribution in [1.82, 2.24) is 30.4 Å². The minimum absolute atomic E-state index is 0.0890. The van der Waals surface area contributed by atoms with Crippen LogP contribution in [0.2, 0.25) is 0 Å². The maximum Gasteiger partial charge on any atom is 0.243 e. The zero-order chi connectivity index (χ0) is 16.1. The van der Waals surface area contributed by atoms with Crippen molar-refractivity contribution in [2.75, 3.05) is 19.6 Å². The fourth-order valence-corrected chi connectivity index (χ4v) is 2.57. The maximum atomic E-state index is 12.0. The summed E-state index contributed by atoms with van der Waals surface area (Å²) in [4.78, 5) is 15.7. The Morgan fingerprint density at radius 2 is 2.13 bits per heavy atom. The molecule has 7 nitrogen and oxygen atoms in total. The molecule has 7 heteroatoms. The number of rotatable bonds is 8. The number of hydrogen-bond acceptors (Lipinski definition) is 5. The number of tetrazole rings is 1. The van der Waals surface area contributed by atoms with Crippen LogP contribution in [0.3, 0.4) is 0 Å². The monoisotopic (exact) mass is 314 g/mol. The van der Waals surface area contributed by atoms with E-state index in [-0.39, 0.29) is 12.5 Å². The molecule has 23 heavy (non-hydrogen) atoms. The number of amides is 1. The van der Waals surface area contributed by atoms with E-state index in [0.29, 0.717) is 12.4 Å². The van der Waals surface area contributed by atoms with Gasteiger partial charge >= 0.3 is 0 Å². The molecule has 1 saturated carbocycles. The van der Waals surface area contributed by atoms with Crippen LogP contribution in [0.15, 0.2) is 30.3 Å². The number of hydrogen-bond donors (Lipinski definition) is 1. The fraction of sp³-hybridized carbons (Fsp3) is 0.500. The van der Waals surface area contributed by atoms with Crippen LogP contribution in [-0.4, -0.2) is 56.7 Å². The van der Waals surface area contributed by atoms with E-state index < -0.39 is 0 Å². The Hall–Kier alpha value is -2.28. The summed E-state index contributed by atoms with van der Waals surface area (Å²) in [5.74, 6) is 0.443. The SMILES string of the molecule is CCN(CCNC(=O)Cn1nnc(-c2ccccc2)n1)C1CC1. The third-order valence-corrected chi connectivity index (χ3v) is 3.96. The lowest BCUT2D eigenvalue weighted by atomic mass is 10.2. The van der Waals surface area contributed by atoms with E-state index in [2.05, 4.69) is 32.6 Å². The molecular formula is C16H22N6O. The lowest BCUT2D eigenvalue weighted by Crippen LogP contribution is -2.37. The number of nitrogens with one attached hydrogen (secondary N) is 1. The number of nitrogens with zero attached hydrogens (tertiary/aromatic N) is 5. The van der Waals surface area contributed by atoms with E-state index in [0.717, 1.165) is 24.7 Å². The molecule has 1 aromatic heterocycles. The fourth-order valence-electron chi connectivity index (χ4n) is 2.57. The van der Waals surface area contributed by atoms with Crippen molar-refractivity contribution in [3.63, 3.8) is 0 Å². The first kappa shape index (κ1) is 15.6. The van der Waals surface area contributed by atoms with Gasteiger partial charge in [0.25, 0.3) is 0 Å². The molecule has 1 aromatic carbocycles. The summed E-state index contributed by atoms with van der Waals surface area (Å²) >= 11 is 0. The van der Waals surface area contributed by atoms with Gasteiger partial charge < -0.3 is 5.32 Å². The first-order valence-corrected chi connectivity index (χ1v) is 8.10. The van der Waals surface area contributed by atoms with E-state index in [1.807, 2.05) is 30.3 Å². The number of carbonyl (C=O) groups excluding carboxylic acids is 1. The molecule has 0 spiro atoms. The Labute approximate surface area is 135 Å². The Bertz CT molecular complexity index is 637. The van der Waals surface area contributed by atoms with Crippen LogP contribution in [0.4, 0.5) is 0 Å². The van der Waals surface area contributed by atoms with Crippen LogP contribution < -0.4 is 5.32 Å². The quantitative estimate of drug-likeness (QED) is 0.785. The molecular weight excluding hydrogens is 292 g/mol. The predicted molar refractivity (Wildman–Crippen MR) is 86.5 cm³/mol. The van der Waals surface area contributed by atoms with E-state index >= 15 is 0 Å². The largest absolute Gasteiger partial charge is 0.353 e. The van der Waals surface area contributed by atoms with Crippen molar-refractivity contribution >= 4 is 5.91 Å². The maximum absolute atomic E-state index is 12.0. The first-order valence-electron chi connectivity index (χ1n) is 8.10. The van der Waals surface area contributed by atoms with Crippen molar-refractivity contribution < 1.29 is 4.79 Å². The molecule has 0 atom stereocenters. The average molecular weight is 314 g/mol. The molecule has 1 N–H and O–H groups in total. The van der Waals surface area contributed by atoms with E-state index in [1.165, 1.54) is 17.6 Å². The van der Waals surface area contributed by atoms with Crippen LogP contribution in [0.5, 0.6) is 0 Å². The van der Waals surface area contributed by atoms with E-state index in [1.54, 1.807) is 0 Å². The molecule has 3 rings (SSSR count). The zero-order valence-electron chi connectivity index (χ0n) is 13.4. The molecule has 0 radical (unpaired) electrons. The summed E-state index contributed by atoms with van der Waals surface area (Å²) in [5, 5.41) is 15.1. The molecule has 1 aliphatic carbocycles. The number of aromatic nitrogens is 4. The predicted octanol–water partition coefficient (Wildman–Crippen LogP) is 0.941. The molecule has 1 heterocycles. The van der Waals surface area contributed by atoms with Gasteiger partial charge in [-0.15, -0.1) is 10.2 Å². The smallest absolute Gasteiger partial charge is 0.243 e. The van der Waals surface area contributed by atoms with Gasteiger partial charge in [0, 0.05) is 24.7 Å². The Morgan fingerprint density at radius 3 is 2.83 bits per heavy atom. The highest BCUT2D eigenvalue weighted by atomic mass is 16.2. The first-order chi connectivity index (χ1) is 11.3. The summed E-state index contributed by atoms with van der Waals surface area (Å²) in [6.45, 7) is 4.84. The Kier molecular flexibility index (Phi) is 4.97. The van der Waals surface area contributed by atoms with Gasteiger partial charge in [-0.05, 0) is 24.6 Å². The summed E-state index contributed by atoms with van der Waals surface area (Å²) in [5.41, 5.74) is 0.891. The van der Waals surface area contributed by atoms with Gasteiger partial charge in [-0.3, -0.25) is 9.69 Å². The van der Waals surface area contributed by atoms with Crippen LogP contribution in [-0.2, 0) is 11.3 Å². The highest BCUT2D eigenvalue weighted by molar-refractivity contribution is 5.75. The van der Waals surface area contributed by atoms with Gasteiger partial charge in [0.1, 0.15) is 6.54 Å². The van der Waals surface area contributed by atoms with Crippen LogP contribution >= 0.6 is 0 Å². The van der Waals surface area contributed by atoms with Gasteiger partial charge in [-0.2, -0.15) is 4.80 Å². The lowest BCUT2D eigenvalue weighted by molar-refractivity contribution is -0.122. The van der Waals surface area contributed by atoms with Crippen LogP contribution in [0.1, 0.15) is 19.8 Å². The second kappa shape index (κ2) is 7.32. The molecule has 122 valence electrons. The molecule has 0 unspecified atom stereocenters. The molecule has 2 aromatic rings. The van der Waals surface area contributed by atoms with E-state index in [9.17, 15) is 4.79 Å². The number of carbonyl (C=O) groups is 1. The summed E-state index contributed by atoms with van der Waals surface area (Å²) in [7, 11) is 0. The highest BCUT2D eigenvalue weighted by Gasteiger charge is 2.27. The van der Waals surface area contributed by atoms with Gasteiger partial charge in [0.05, 0.1) is 0 Å². The normalized spacial score (nSPS) is 14.2. The zero-order valence-corrected chi connectivity index (χ0v) is 13.4. The second-order valence-corrected chi connectivity index (χ2v) is 5.72. The lowest BCUT2D eigenvalue weighted by Gasteiger charge is -2.19. The third-order valence-electron chi connectivity index (χ3n) is 3.96. The standard InChI is InChI=1S/C16H22N6O/c1-2-21(14-8-9-14)11-10-17-15(23)12-22-19-16(18-20-22)13-6-4-3-5-7-13/h3-7,14H,2,8-12H2,1H3,(H,17,23). The third kappa shape index (κ3) is 4.35. The van der Waals surface area contributed by atoms with Crippen LogP contribution in [0, 0.1) is 0 Å². The molecule has 0 aliphatic heterocycles. The van der Waals surface area contributed by atoms with Crippen molar-refractivity contribution in [3.8, 4) is 11.4 Å². The average Bonchev–Trinajstić information content (AvgIpc) is 3.31. The van der Waals surface area contributed by atoms with Gasteiger partial charge in [-0.25, -0.2) is 0 Å². The minimum atomic E-state index is -0.0890. The highest BCUT2D eigenvalue weighted by Crippen LogP contribution is 2.25. The Morgan fingerprint density at radius 1 is 1.35 bits per heavy atom. The van der Waals surface area contributed by atoms with E-state index in [4.69, 9.17) is 0 Å². The molecule has 1 amide bonds. The molecule has 0 bridgehead atoms. The van der Waals surface area contributed by atoms with Crippen molar-refractivity contribution in [1.29, 1.82) is 0 Å². The summed E-state index contributed by atoms with van der Waals surface area (Å²) < 4.78 is 0. The Balaban J connectivity index is 1.45.